The van der Waals surface area contributed by atoms with E-state index in [0.29, 0.717) is 16.7 Å². The third-order valence-corrected chi connectivity index (χ3v) is 4.72. The molecule has 0 fully saturated rings. The Morgan fingerprint density at radius 1 is 0.963 bits per heavy atom. The van der Waals surface area contributed by atoms with Crippen LogP contribution in [-0.2, 0) is 0 Å². The van der Waals surface area contributed by atoms with E-state index in [0.717, 1.165) is 23.4 Å². The molecule has 0 aliphatic heterocycles. The van der Waals surface area contributed by atoms with Crippen molar-refractivity contribution in [2.75, 3.05) is 12.0 Å². The van der Waals surface area contributed by atoms with Gasteiger partial charge >= 0.3 is 0 Å². The zero-order chi connectivity index (χ0) is 19.3. The highest BCUT2D eigenvalue weighted by Crippen LogP contribution is 2.25. The number of benzene rings is 2. The first-order valence-corrected chi connectivity index (χ1v) is 10.4. The molecule has 0 aliphatic rings. The molecule has 0 aliphatic carbocycles. The zero-order valence-corrected chi connectivity index (χ0v) is 17.4. The van der Waals surface area contributed by atoms with Crippen molar-refractivity contribution in [3.8, 4) is 5.75 Å². The summed E-state index contributed by atoms with van der Waals surface area (Å²) in [5.41, 5.74) is 4.68. The van der Waals surface area contributed by atoms with Crippen molar-refractivity contribution in [3.63, 3.8) is 0 Å². The van der Waals surface area contributed by atoms with Gasteiger partial charge in [-0.05, 0) is 48.4 Å². The van der Waals surface area contributed by atoms with E-state index in [-0.39, 0.29) is 0 Å². The highest BCUT2D eigenvalue weighted by molar-refractivity contribution is 6.32. The molecule has 0 saturated heterocycles. The third kappa shape index (κ3) is 8.68. The summed E-state index contributed by atoms with van der Waals surface area (Å²) in [6.45, 7) is 2.95. The Bertz CT molecular complexity index is 719. The molecule has 2 rings (SSSR count). The number of ether oxygens (including phenoxy) is 1. The molecule has 0 atom stereocenters. The maximum absolute atomic E-state index is 6.32. The van der Waals surface area contributed by atoms with Gasteiger partial charge in [0.2, 0.25) is 0 Å². The van der Waals surface area contributed by atoms with E-state index in [1.54, 1.807) is 6.21 Å². The van der Waals surface area contributed by atoms with Crippen molar-refractivity contribution in [1.29, 1.82) is 0 Å². The predicted octanol–water partition coefficient (Wildman–Crippen LogP) is 7.57. The van der Waals surface area contributed by atoms with E-state index >= 15 is 0 Å². The maximum Gasteiger partial charge on any atom is 0.137 e. The topological polar surface area (TPSA) is 33.6 Å². The van der Waals surface area contributed by atoms with E-state index in [1.165, 1.54) is 38.5 Å². The lowest BCUT2D eigenvalue weighted by molar-refractivity contribution is 0.304. The maximum atomic E-state index is 6.32. The zero-order valence-electron chi connectivity index (χ0n) is 15.9. The van der Waals surface area contributed by atoms with Crippen LogP contribution in [0.15, 0.2) is 47.6 Å². The SMILES string of the molecule is CCCCCCCCCOc1ccc(C=NNc2cccc(Cl)c2)cc1Cl. The first-order valence-electron chi connectivity index (χ1n) is 9.66. The normalized spacial score (nSPS) is 11.1. The van der Waals surface area contributed by atoms with Crippen molar-refractivity contribution < 1.29 is 4.74 Å². The van der Waals surface area contributed by atoms with Gasteiger partial charge in [0.1, 0.15) is 5.75 Å². The molecule has 0 bridgehead atoms. The van der Waals surface area contributed by atoms with Gasteiger partial charge in [-0.1, -0.05) is 74.7 Å². The van der Waals surface area contributed by atoms with E-state index in [2.05, 4.69) is 17.5 Å². The van der Waals surface area contributed by atoms with Crippen LogP contribution >= 0.6 is 23.2 Å². The van der Waals surface area contributed by atoms with Gasteiger partial charge in [-0.2, -0.15) is 5.10 Å². The highest BCUT2D eigenvalue weighted by Gasteiger charge is 2.02. The Morgan fingerprint density at radius 3 is 2.48 bits per heavy atom. The van der Waals surface area contributed by atoms with Crippen LogP contribution in [0.5, 0.6) is 5.75 Å². The number of hydrogen-bond donors (Lipinski definition) is 1. The molecule has 0 unspecified atom stereocenters. The Kier molecular flexibility index (Phi) is 10.1. The molecule has 146 valence electrons. The van der Waals surface area contributed by atoms with E-state index < -0.39 is 0 Å². The summed E-state index contributed by atoms with van der Waals surface area (Å²) < 4.78 is 5.80. The number of halogens is 2. The van der Waals surface area contributed by atoms with Gasteiger partial charge in [-0.15, -0.1) is 0 Å². The van der Waals surface area contributed by atoms with Crippen LogP contribution in [0, 0.1) is 0 Å². The molecule has 5 heteroatoms. The van der Waals surface area contributed by atoms with Gasteiger partial charge in [-0.25, -0.2) is 0 Å². The van der Waals surface area contributed by atoms with Gasteiger partial charge in [0, 0.05) is 5.02 Å². The van der Waals surface area contributed by atoms with Gasteiger partial charge in [0.15, 0.2) is 0 Å². The lowest BCUT2D eigenvalue weighted by Crippen LogP contribution is -1.98. The Morgan fingerprint density at radius 2 is 1.74 bits per heavy atom. The van der Waals surface area contributed by atoms with Crippen LogP contribution in [0.4, 0.5) is 5.69 Å². The first kappa shape index (κ1) is 21.6. The molecule has 2 aromatic carbocycles. The molecule has 1 N–H and O–H groups in total. The summed E-state index contributed by atoms with van der Waals surface area (Å²) in [4.78, 5) is 0. The Labute approximate surface area is 172 Å². The lowest BCUT2D eigenvalue weighted by Gasteiger charge is -2.08. The molecule has 0 aromatic heterocycles. The average molecular weight is 407 g/mol. The highest BCUT2D eigenvalue weighted by atomic mass is 35.5. The second kappa shape index (κ2) is 12.6. The number of unbranched alkanes of at least 4 members (excludes halogenated alkanes) is 6. The fourth-order valence-electron chi connectivity index (χ4n) is 2.70. The number of nitrogens with zero attached hydrogens (tertiary/aromatic N) is 1. The Hall–Kier alpha value is -1.71. The minimum absolute atomic E-state index is 0.602. The van der Waals surface area contributed by atoms with Crippen molar-refractivity contribution in [2.24, 2.45) is 5.10 Å². The summed E-state index contributed by atoms with van der Waals surface area (Å²) in [5.74, 6) is 0.725. The first-order chi connectivity index (χ1) is 13.2. The second-order valence-corrected chi connectivity index (χ2v) is 7.38. The third-order valence-electron chi connectivity index (χ3n) is 4.19. The number of hydrogen-bond acceptors (Lipinski definition) is 3. The Balaban J connectivity index is 1.72. The fraction of sp³-hybridized carbons (Fsp3) is 0.409. The van der Waals surface area contributed by atoms with Crippen LogP contribution in [0.3, 0.4) is 0 Å². The fourth-order valence-corrected chi connectivity index (χ4v) is 3.13. The van der Waals surface area contributed by atoms with Crippen LogP contribution in [0.2, 0.25) is 10.0 Å². The van der Waals surface area contributed by atoms with Gasteiger partial charge < -0.3 is 4.74 Å². The molecule has 0 spiro atoms. The van der Waals surface area contributed by atoms with Gasteiger partial charge in [-0.3, -0.25) is 5.43 Å². The molecule has 0 amide bonds. The molecule has 3 nitrogen and oxygen atoms in total. The van der Waals surface area contributed by atoms with Crippen LogP contribution in [0.1, 0.15) is 57.4 Å². The second-order valence-electron chi connectivity index (χ2n) is 6.54. The predicted molar refractivity (Wildman–Crippen MR) is 118 cm³/mol. The molecule has 2 aromatic rings. The molecular weight excluding hydrogens is 379 g/mol. The number of nitrogens with one attached hydrogen (secondary N) is 1. The molecule has 0 radical (unpaired) electrons. The summed E-state index contributed by atoms with van der Waals surface area (Å²) in [7, 11) is 0. The molecule has 27 heavy (non-hydrogen) atoms. The number of anilines is 1. The monoisotopic (exact) mass is 406 g/mol. The lowest BCUT2D eigenvalue weighted by atomic mass is 10.1. The quantitative estimate of drug-likeness (QED) is 0.224. The molecule has 0 heterocycles. The van der Waals surface area contributed by atoms with Crippen LogP contribution in [0.25, 0.3) is 0 Å². The van der Waals surface area contributed by atoms with E-state index in [4.69, 9.17) is 27.9 Å². The average Bonchev–Trinajstić information content (AvgIpc) is 2.65. The summed E-state index contributed by atoms with van der Waals surface area (Å²) in [6, 6.07) is 13.1. The van der Waals surface area contributed by atoms with Crippen LogP contribution in [-0.4, -0.2) is 12.8 Å². The standard InChI is InChI=1S/C22H28Cl2N2O/c1-2-3-4-5-6-7-8-14-27-22-13-12-18(15-21(22)24)17-25-26-20-11-9-10-19(23)16-20/h9-13,15-17,26H,2-8,14H2,1H3. The van der Waals surface area contributed by atoms with E-state index in [1.807, 2.05) is 42.5 Å². The van der Waals surface area contributed by atoms with Crippen LogP contribution < -0.4 is 10.2 Å². The summed E-state index contributed by atoms with van der Waals surface area (Å²) in [5, 5.41) is 5.48. The largest absolute Gasteiger partial charge is 0.492 e. The van der Waals surface area contributed by atoms with Crippen molar-refractivity contribution in [3.05, 3.63) is 58.1 Å². The number of rotatable bonds is 12. The minimum Gasteiger partial charge on any atom is -0.492 e. The summed E-state index contributed by atoms with van der Waals surface area (Å²) in [6.07, 6.45) is 10.6. The minimum atomic E-state index is 0.602. The summed E-state index contributed by atoms with van der Waals surface area (Å²) >= 11 is 12.3. The molecular formula is C22H28Cl2N2O. The van der Waals surface area contributed by atoms with Gasteiger partial charge in [0.25, 0.3) is 0 Å². The van der Waals surface area contributed by atoms with Gasteiger partial charge in [0.05, 0.1) is 23.5 Å². The van der Waals surface area contributed by atoms with E-state index in [9.17, 15) is 0 Å². The number of hydrazone groups is 1. The smallest absolute Gasteiger partial charge is 0.137 e. The molecule has 0 saturated carbocycles. The van der Waals surface area contributed by atoms with Crippen molar-refractivity contribution >= 4 is 35.1 Å². The van der Waals surface area contributed by atoms with Crippen molar-refractivity contribution in [1.82, 2.24) is 0 Å². The van der Waals surface area contributed by atoms with Crippen molar-refractivity contribution in [2.45, 2.75) is 51.9 Å².